The van der Waals surface area contributed by atoms with Crippen LogP contribution in [-0.4, -0.2) is 55.9 Å². The summed E-state index contributed by atoms with van der Waals surface area (Å²) in [6, 6.07) is 31.5. The monoisotopic (exact) mass is 754 g/mol. The average molecular weight is 756 g/mol. The van der Waals surface area contributed by atoms with E-state index in [1.54, 1.807) is 23.5 Å². The Morgan fingerprint density at radius 3 is 1.67 bits per heavy atom. The molecule has 2 atom stereocenters. The molecule has 13 heteroatoms. The van der Waals surface area contributed by atoms with Gasteiger partial charge in [-0.25, -0.2) is 19.9 Å². The molecule has 5 N–H and O–H groups in total. The molecule has 6 aromatic rings. The molecule has 0 aliphatic rings. The summed E-state index contributed by atoms with van der Waals surface area (Å²) in [6.07, 6.45) is 5.29. The lowest BCUT2D eigenvalue weighted by molar-refractivity contribution is 0.276. The molecule has 49 heavy (non-hydrogen) atoms. The summed E-state index contributed by atoms with van der Waals surface area (Å²) in [5, 5.41) is 24.1. The van der Waals surface area contributed by atoms with Gasteiger partial charge in [-0.2, -0.15) is 0 Å². The van der Waals surface area contributed by atoms with Gasteiger partial charge in [-0.15, -0.1) is 23.5 Å². The van der Waals surface area contributed by atoms with E-state index in [0.717, 1.165) is 32.9 Å². The van der Waals surface area contributed by atoms with Crippen molar-refractivity contribution in [3.63, 3.8) is 0 Å². The van der Waals surface area contributed by atoms with Crippen LogP contribution in [-0.2, 0) is 0 Å². The summed E-state index contributed by atoms with van der Waals surface area (Å²) in [6.45, 7) is 0.226. The maximum absolute atomic E-state index is 9.44. The summed E-state index contributed by atoms with van der Waals surface area (Å²) >= 11 is 20.9. The first-order chi connectivity index (χ1) is 23.8. The molecule has 0 aliphatic carbocycles. The summed E-state index contributed by atoms with van der Waals surface area (Å²) in [5.74, 6) is 0.679. The Balaban J connectivity index is 0.000000182. The summed E-state index contributed by atoms with van der Waals surface area (Å²) in [5.41, 5.74) is 9.58. The number of rotatable bonds is 10. The molecule has 2 heterocycles. The Bertz CT molecular complexity index is 1920. The van der Waals surface area contributed by atoms with Crippen molar-refractivity contribution in [1.29, 1.82) is 0 Å². The number of hydrogen-bond donors (Lipinski definition) is 4. The van der Waals surface area contributed by atoms with Gasteiger partial charge in [-0.05, 0) is 108 Å². The minimum absolute atomic E-state index is 0.0408. The van der Waals surface area contributed by atoms with Gasteiger partial charge in [0.05, 0.1) is 17.1 Å². The third kappa shape index (κ3) is 11.4. The van der Waals surface area contributed by atoms with Crippen LogP contribution in [0.1, 0.15) is 36.1 Å². The minimum Gasteiger partial charge on any atom is -0.396 e. The summed E-state index contributed by atoms with van der Waals surface area (Å²) in [4.78, 5) is 18.9. The third-order valence-electron chi connectivity index (χ3n) is 7.34. The van der Waals surface area contributed by atoms with E-state index >= 15 is 0 Å². The zero-order valence-corrected chi connectivity index (χ0v) is 30.8. The van der Waals surface area contributed by atoms with Gasteiger partial charge in [-0.1, -0.05) is 60.1 Å². The third-order valence-corrected chi connectivity index (χ3v) is 9.45. The van der Waals surface area contributed by atoms with Crippen molar-refractivity contribution in [3.05, 3.63) is 124 Å². The van der Waals surface area contributed by atoms with E-state index in [9.17, 15) is 5.11 Å². The lowest BCUT2D eigenvalue weighted by Gasteiger charge is -2.20. The van der Waals surface area contributed by atoms with Gasteiger partial charge < -0.3 is 21.3 Å². The van der Waals surface area contributed by atoms with Crippen molar-refractivity contribution < 1.29 is 10.2 Å². The van der Waals surface area contributed by atoms with Crippen LogP contribution in [0.2, 0.25) is 15.7 Å². The molecule has 0 spiro atoms. The van der Waals surface area contributed by atoms with Crippen molar-refractivity contribution in [2.24, 2.45) is 5.73 Å². The number of para-hydroxylation sites is 2. The highest BCUT2D eigenvalue weighted by atomic mass is 35.5. The fourth-order valence-electron chi connectivity index (χ4n) is 4.78. The Morgan fingerprint density at radius 2 is 1.12 bits per heavy atom. The largest absolute Gasteiger partial charge is 0.396 e. The maximum atomic E-state index is 9.44. The highest BCUT2D eigenvalue weighted by Crippen LogP contribution is 2.29. The molecule has 0 saturated carbocycles. The molecule has 0 fully saturated rings. The average Bonchev–Trinajstić information content (AvgIpc) is 3.12. The molecule has 0 saturated heterocycles. The van der Waals surface area contributed by atoms with Crippen LogP contribution in [0.15, 0.2) is 107 Å². The highest BCUT2D eigenvalue weighted by Gasteiger charge is 2.15. The Morgan fingerprint density at radius 1 is 0.633 bits per heavy atom. The molecule has 6 rings (SSSR count). The number of thioether (sulfide) groups is 2. The molecule has 8 nitrogen and oxygen atoms in total. The topological polar surface area (TPSA) is 130 Å². The molecule has 4 aromatic carbocycles. The zero-order valence-electron chi connectivity index (χ0n) is 26.9. The van der Waals surface area contributed by atoms with Gasteiger partial charge in [0.25, 0.3) is 0 Å². The number of aliphatic hydroxyl groups excluding tert-OH is 2. The number of halogens is 3. The van der Waals surface area contributed by atoms with E-state index in [1.807, 2.05) is 73.2 Å². The number of aliphatic hydroxyl groups is 2. The fraction of sp³-hybridized carbons (Fsp3) is 0.222. The minimum atomic E-state index is -0.0553. The van der Waals surface area contributed by atoms with Gasteiger partial charge in [0.1, 0.15) is 11.0 Å². The quantitative estimate of drug-likeness (QED) is 0.0610. The van der Waals surface area contributed by atoms with Crippen LogP contribution < -0.4 is 11.1 Å². The van der Waals surface area contributed by atoms with Crippen LogP contribution in [0.3, 0.4) is 0 Å². The molecule has 256 valence electrons. The van der Waals surface area contributed by atoms with Crippen molar-refractivity contribution in [3.8, 4) is 0 Å². The Hall–Kier alpha value is -3.19. The van der Waals surface area contributed by atoms with Crippen LogP contribution in [0.4, 0.5) is 5.82 Å². The highest BCUT2D eigenvalue weighted by molar-refractivity contribution is 7.98. The summed E-state index contributed by atoms with van der Waals surface area (Å²) in [7, 11) is 0. The zero-order chi connectivity index (χ0) is 35.2. The first-order valence-corrected chi connectivity index (χ1v) is 18.9. The molecular weight excluding hydrogens is 719 g/mol. The van der Waals surface area contributed by atoms with Gasteiger partial charge in [0.15, 0.2) is 0 Å². The molecule has 2 aromatic heterocycles. The lowest BCUT2D eigenvalue weighted by Crippen LogP contribution is -2.14. The second kappa shape index (κ2) is 19.9. The number of nitrogens with zero attached hydrogens (tertiary/aromatic N) is 4. The van der Waals surface area contributed by atoms with Gasteiger partial charge in [0, 0.05) is 39.8 Å². The van der Waals surface area contributed by atoms with Crippen molar-refractivity contribution >= 4 is 86.0 Å². The molecule has 2 unspecified atom stereocenters. The van der Waals surface area contributed by atoms with E-state index < -0.39 is 0 Å². The number of fused-ring (bicyclic) bond motifs is 2. The molecular formula is C36H37Cl3N6O2S2. The first kappa shape index (κ1) is 38.6. The van der Waals surface area contributed by atoms with Gasteiger partial charge >= 0.3 is 0 Å². The van der Waals surface area contributed by atoms with Gasteiger partial charge in [0.2, 0.25) is 10.6 Å². The van der Waals surface area contributed by atoms with E-state index in [-0.39, 0.29) is 35.9 Å². The van der Waals surface area contributed by atoms with E-state index in [2.05, 4.69) is 61.7 Å². The normalized spacial score (nSPS) is 12.0. The number of aromatic nitrogens is 4. The number of nitrogens with two attached hydrogens (primary N) is 1. The predicted molar refractivity (Wildman–Crippen MR) is 207 cm³/mol. The van der Waals surface area contributed by atoms with Crippen molar-refractivity contribution in [1.82, 2.24) is 19.9 Å². The molecule has 0 radical (unpaired) electrons. The lowest BCUT2D eigenvalue weighted by atomic mass is 10.0. The van der Waals surface area contributed by atoms with E-state index in [1.165, 1.54) is 9.79 Å². The first-order valence-electron chi connectivity index (χ1n) is 15.3. The van der Waals surface area contributed by atoms with E-state index in [0.29, 0.717) is 23.8 Å². The van der Waals surface area contributed by atoms with Crippen molar-refractivity contribution in [2.45, 2.75) is 34.7 Å². The van der Waals surface area contributed by atoms with Crippen LogP contribution >= 0.6 is 58.3 Å². The standard InChI is InChI=1S/C18H18ClN3OS.C10H15NOS.C8H4Cl2N2/c1-24-13-8-6-12(7-9-13)15(10-11-23)20-17-14-4-2-3-5-16(14)21-18(19)22-17;1-13-9-4-2-8(3-5-9)10(11)6-7-12;9-7-5-3-1-2-4-6(5)11-8(10)12-7/h2-9,15,23H,10-11H2,1H3,(H,20,21,22);2-5,10,12H,6-7,11H2,1H3;1-4H. The maximum Gasteiger partial charge on any atom is 0.224 e. The Kier molecular flexibility index (Phi) is 15.6. The molecule has 0 amide bonds. The summed E-state index contributed by atoms with van der Waals surface area (Å²) < 4.78 is 0. The van der Waals surface area contributed by atoms with Crippen LogP contribution in [0, 0.1) is 0 Å². The van der Waals surface area contributed by atoms with Crippen LogP contribution in [0.5, 0.6) is 0 Å². The number of nitrogens with one attached hydrogen (secondary N) is 1. The second-order valence-electron chi connectivity index (χ2n) is 10.5. The van der Waals surface area contributed by atoms with Gasteiger partial charge in [-0.3, -0.25) is 0 Å². The smallest absolute Gasteiger partial charge is 0.224 e. The number of benzene rings is 4. The second-order valence-corrected chi connectivity index (χ2v) is 13.3. The fourth-order valence-corrected chi connectivity index (χ4v) is 6.23. The van der Waals surface area contributed by atoms with Crippen molar-refractivity contribution in [2.75, 3.05) is 31.0 Å². The predicted octanol–water partition coefficient (Wildman–Crippen LogP) is 9.27. The number of hydrogen-bond acceptors (Lipinski definition) is 10. The van der Waals surface area contributed by atoms with Crippen LogP contribution in [0.25, 0.3) is 21.8 Å². The Labute approximate surface area is 309 Å². The van der Waals surface area contributed by atoms with E-state index in [4.69, 9.17) is 45.6 Å². The molecule has 0 aliphatic heterocycles. The molecule has 0 bridgehead atoms. The SMILES string of the molecule is CSc1ccc(C(CCO)Nc2nc(Cl)nc3ccccc23)cc1.CSc1ccc(C(N)CCO)cc1.Clc1nc(Cl)c2ccccc2n1. The number of anilines is 1.